The van der Waals surface area contributed by atoms with Gasteiger partial charge in [0, 0.05) is 38.1 Å². The summed E-state index contributed by atoms with van der Waals surface area (Å²) in [4.78, 5) is 14.3. The normalized spacial score (nSPS) is 31.1. The minimum absolute atomic E-state index is 0.179. The van der Waals surface area contributed by atoms with E-state index in [1.54, 1.807) is 0 Å². The Labute approximate surface area is 110 Å². The lowest BCUT2D eigenvalue weighted by Crippen LogP contribution is -2.50. The number of hydrogen-bond acceptors (Lipinski definition) is 3. The lowest BCUT2D eigenvalue weighted by molar-refractivity contribution is -0.122. The molecule has 1 heterocycles. The van der Waals surface area contributed by atoms with Gasteiger partial charge >= 0.3 is 0 Å². The van der Waals surface area contributed by atoms with E-state index in [-0.39, 0.29) is 11.9 Å². The summed E-state index contributed by atoms with van der Waals surface area (Å²) in [6.07, 6.45) is 4.15. The van der Waals surface area contributed by atoms with Gasteiger partial charge in [0.1, 0.15) is 0 Å². The van der Waals surface area contributed by atoms with E-state index in [4.69, 9.17) is 5.73 Å². The molecule has 3 N–H and O–H groups in total. The molecular formula is C14H27N3O. The first kappa shape index (κ1) is 13.8. The fraction of sp³-hybridized carbons (Fsp3) is 0.929. The van der Waals surface area contributed by atoms with Crippen LogP contribution in [0.25, 0.3) is 0 Å². The van der Waals surface area contributed by atoms with E-state index >= 15 is 0 Å². The molecule has 1 saturated heterocycles. The van der Waals surface area contributed by atoms with Gasteiger partial charge in [0.05, 0.1) is 0 Å². The second-order valence-corrected chi connectivity index (χ2v) is 6.34. The van der Waals surface area contributed by atoms with Gasteiger partial charge in [-0.25, -0.2) is 0 Å². The number of nitrogens with zero attached hydrogens (tertiary/aromatic N) is 1. The summed E-state index contributed by atoms with van der Waals surface area (Å²) in [7, 11) is 0. The topological polar surface area (TPSA) is 58.4 Å². The number of hydrogen-bond donors (Lipinski definition) is 2. The van der Waals surface area contributed by atoms with Crippen molar-refractivity contribution in [2.75, 3.05) is 19.6 Å². The van der Waals surface area contributed by atoms with Crippen molar-refractivity contribution in [2.45, 2.75) is 51.6 Å². The second-order valence-electron chi connectivity index (χ2n) is 6.34. The Morgan fingerprint density at radius 1 is 1.33 bits per heavy atom. The Hall–Kier alpha value is -0.610. The van der Waals surface area contributed by atoms with Crippen LogP contribution in [-0.4, -0.2) is 42.5 Å². The van der Waals surface area contributed by atoms with E-state index in [0.29, 0.717) is 30.8 Å². The molecule has 104 valence electrons. The molecule has 1 aliphatic carbocycles. The van der Waals surface area contributed by atoms with Crippen LogP contribution in [0.5, 0.6) is 0 Å². The number of carbonyl (C=O) groups excluding carboxylic acids is 1. The summed E-state index contributed by atoms with van der Waals surface area (Å²) < 4.78 is 0. The van der Waals surface area contributed by atoms with Crippen LogP contribution in [0.1, 0.15) is 39.5 Å². The minimum Gasteiger partial charge on any atom is -0.353 e. The van der Waals surface area contributed by atoms with E-state index < -0.39 is 0 Å². The van der Waals surface area contributed by atoms with Crippen LogP contribution in [0, 0.1) is 11.8 Å². The van der Waals surface area contributed by atoms with Crippen molar-refractivity contribution in [3.8, 4) is 0 Å². The maximum atomic E-state index is 11.9. The third-order valence-electron chi connectivity index (χ3n) is 4.05. The Morgan fingerprint density at radius 2 is 1.94 bits per heavy atom. The first-order chi connectivity index (χ1) is 8.58. The van der Waals surface area contributed by atoms with Crippen molar-refractivity contribution in [3.63, 3.8) is 0 Å². The predicted octanol–water partition coefficient (Wildman–Crippen LogP) is 0.960. The van der Waals surface area contributed by atoms with Crippen LogP contribution < -0.4 is 11.1 Å². The molecule has 0 spiro atoms. The van der Waals surface area contributed by atoms with Crippen molar-refractivity contribution < 1.29 is 4.79 Å². The SMILES string of the molecule is CC1CC(C)CN(C(CN)CC(=O)NC2CC2)C1. The average molecular weight is 253 g/mol. The van der Waals surface area contributed by atoms with Gasteiger partial charge < -0.3 is 11.1 Å². The fourth-order valence-corrected chi connectivity index (χ4v) is 3.10. The molecule has 3 atom stereocenters. The molecule has 0 aromatic rings. The molecule has 4 nitrogen and oxygen atoms in total. The smallest absolute Gasteiger partial charge is 0.221 e. The zero-order valence-electron chi connectivity index (χ0n) is 11.7. The van der Waals surface area contributed by atoms with E-state index in [1.165, 1.54) is 6.42 Å². The highest BCUT2D eigenvalue weighted by atomic mass is 16.1. The van der Waals surface area contributed by atoms with Crippen LogP contribution in [0.4, 0.5) is 0 Å². The maximum Gasteiger partial charge on any atom is 0.221 e. The van der Waals surface area contributed by atoms with Crippen LogP contribution in [-0.2, 0) is 4.79 Å². The fourth-order valence-electron chi connectivity index (χ4n) is 3.10. The van der Waals surface area contributed by atoms with Crippen molar-refractivity contribution in [1.82, 2.24) is 10.2 Å². The highest BCUT2D eigenvalue weighted by molar-refractivity contribution is 5.77. The lowest BCUT2D eigenvalue weighted by Gasteiger charge is -2.39. The highest BCUT2D eigenvalue weighted by Gasteiger charge is 2.29. The second kappa shape index (κ2) is 6.02. The Morgan fingerprint density at radius 3 is 2.44 bits per heavy atom. The van der Waals surface area contributed by atoms with Gasteiger partial charge in [-0.05, 0) is 31.1 Å². The molecule has 1 amide bonds. The van der Waals surface area contributed by atoms with Gasteiger partial charge in [0.15, 0.2) is 0 Å². The summed E-state index contributed by atoms with van der Waals surface area (Å²) in [5.41, 5.74) is 5.87. The number of nitrogens with one attached hydrogen (secondary N) is 1. The Balaban J connectivity index is 1.84. The van der Waals surface area contributed by atoms with E-state index in [1.807, 2.05) is 0 Å². The van der Waals surface area contributed by atoms with E-state index in [0.717, 1.165) is 25.9 Å². The predicted molar refractivity (Wildman–Crippen MR) is 73.1 cm³/mol. The zero-order valence-corrected chi connectivity index (χ0v) is 11.7. The molecule has 0 radical (unpaired) electrons. The molecule has 1 aliphatic heterocycles. The third kappa shape index (κ3) is 3.95. The number of rotatable bonds is 5. The monoisotopic (exact) mass is 253 g/mol. The largest absolute Gasteiger partial charge is 0.353 e. The molecule has 0 aromatic heterocycles. The quantitative estimate of drug-likeness (QED) is 0.767. The molecule has 2 rings (SSSR count). The lowest BCUT2D eigenvalue weighted by atomic mass is 9.90. The van der Waals surface area contributed by atoms with Crippen LogP contribution in [0.3, 0.4) is 0 Å². The summed E-state index contributed by atoms with van der Waals surface area (Å²) in [5.74, 6) is 1.61. The van der Waals surface area contributed by atoms with Gasteiger partial charge in [-0.3, -0.25) is 9.69 Å². The van der Waals surface area contributed by atoms with Crippen LogP contribution in [0.15, 0.2) is 0 Å². The van der Waals surface area contributed by atoms with Gasteiger partial charge in [-0.15, -0.1) is 0 Å². The number of likely N-dealkylation sites (tertiary alicyclic amines) is 1. The number of carbonyl (C=O) groups is 1. The summed E-state index contributed by atoms with van der Waals surface area (Å²) >= 11 is 0. The van der Waals surface area contributed by atoms with Crippen LogP contribution >= 0.6 is 0 Å². The number of nitrogens with two attached hydrogens (primary N) is 1. The molecule has 0 bridgehead atoms. The summed E-state index contributed by atoms with van der Waals surface area (Å²) in [5, 5.41) is 3.06. The average Bonchev–Trinajstić information content (AvgIpc) is 3.08. The van der Waals surface area contributed by atoms with Crippen LogP contribution in [0.2, 0.25) is 0 Å². The van der Waals surface area contributed by atoms with Gasteiger partial charge in [-0.2, -0.15) is 0 Å². The minimum atomic E-state index is 0.179. The first-order valence-electron chi connectivity index (χ1n) is 7.32. The van der Waals surface area contributed by atoms with Crippen molar-refractivity contribution >= 4 is 5.91 Å². The summed E-state index contributed by atoms with van der Waals surface area (Å²) in [6.45, 7) is 7.34. The number of piperidine rings is 1. The Kier molecular flexibility index (Phi) is 4.62. The molecule has 2 fully saturated rings. The Bertz CT molecular complexity index is 281. The molecule has 4 heteroatoms. The molecular weight excluding hydrogens is 226 g/mol. The molecule has 1 saturated carbocycles. The summed E-state index contributed by atoms with van der Waals surface area (Å²) in [6, 6.07) is 0.670. The zero-order chi connectivity index (χ0) is 13.1. The molecule has 0 aromatic carbocycles. The highest BCUT2D eigenvalue weighted by Crippen LogP contribution is 2.24. The number of amides is 1. The van der Waals surface area contributed by atoms with E-state index in [9.17, 15) is 4.79 Å². The third-order valence-corrected chi connectivity index (χ3v) is 4.05. The van der Waals surface area contributed by atoms with E-state index in [2.05, 4.69) is 24.1 Å². The molecule has 3 unspecified atom stereocenters. The van der Waals surface area contributed by atoms with Crippen molar-refractivity contribution in [2.24, 2.45) is 17.6 Å². The first-order valence-corrected chi connectivity index (χ1v) is 7.32. The van der Waals surface area contributed by atoms with Gasteiger partial charge in [0.25, 0.3) is 0 Å². The molecule has 18 heavy (non-hydrogen) atoms. The van der Waals surface area contributed by atoms with Crippen molar-refractivity contribution in [3.05, 3.63) is 0 Å². The maximum absolute atomic E-state index is 11.9. The van der Waals surface area contributed by atoms with Gasteiger partial charge in [0.2, 0.25) is 5.91 Å². The standard InChI is InChI=1S/C14H27N3O/c1-10-5-11(2)9-17(8-10)13(7-15)6-14(18)16-12-3-4-12/h10-13H,3-9,15H2,1-2H3,(H,16,18). The van der Waals surface area contributed by atoms with Gasteiger partial charge in [-0.1, -0.05) is 13.8 Å². The molecule has 2 aliphatic rings. The van der Waals surface area contributed by atoms with Crippen molar-refractivity contribution in [1.29, 1.82) is 0 Å².